The van der Waals surface area contributed by atoms with Crippen molar-refractivity contribution in [3.63, 3.8) is 0 Å². The number of primary amides is 1. The van der Waals surface area contributed by atoms with E-state index in [-0.39, 0.29) is 18.3 Å². The molecular formula is C8H14N6O2. The number of hydrogen-bond acceptors (Lipinski definition) is 5. The number of H-pyrrole nitrogens is 1. The molecule has 0 aliphatic carbocycles. The molecule has 0 bridgehead atoms. The van der Waals surface area contributed by atoms with Crippen LogP contribution >= 0.6 is 0 Å². The molecule has 88 valence electrons. The molecule has 0 aliphatic heterocycles. The lowest BCUT2D eigenvalue weighted by Crippen LogP contribution is -2.42. The molecule has 1 rings (SSSR count). The third-order valence-electron chi connectivity index (χ3n) is 2.08. The molecule has 0 aromatic carbocycles. The zero-order valence-corrected chi connectivity index (χ0v) is 9.07. The Bertz CT molecular complexity index is 410. The van der Waals surface area contributed by atoms with Gasteiger partial charge in [-0.25, -0.2) is 0 Å². The summed E-state index contributed by atoms with van der Waals surface area (Å²) < 4.78 is 0. The van der Waals surface area contributed by atoms with Crippen LogP contribution < -0.4 is 16.8 Å². The van der Waals surface area contributed by atoms with E-state index in [0.717, 1.165) is 0 Å². The number of nitrogens with zero attached hydrogens (tertiary/aromatic N) is 2. The van der Waals surface area contributed by atoms with Crippen LogP contribution in [-0.2, 0) is 4.79 Å². The summed E-state index contributed by atoms with van der Waals surface area (Å²) in [5.74, 6) is -1.000. The van der Waals surface area contributed by atoms with Crippen LogP contribution in [0.4, 0.5) is 5.95 Å². The lowest BCUT2D eigenvalue weighted by atomic mass is 9.93. The first kappa shape index (κ1) is 12.0. The van der Waals surface area contributed by atoms with Gasteiger partial charge in [0.2, 0.25) is 17.7 Å². The zero-order valence-electron chi connectivity index (χ0n) is 9.07. The van der Waals surface area contributed by atoms with Crippen LogP contribution in [0, 0.1) is 5.41 Å². The topological polar surface area (TPSA) is 140 Å². The molecule has 0 saturated heterocycles. The second-order valence-electron chi connectivity index (χ2n) is 3.97. The number of aromatic nitrogens is 3. The zero-order chi connectivity index (χ0) is 12.3. The van der Waals surface area contributed by atoms with Crippen molar-refractivity contribution in [2.24, 2.45) is 11.1 Å². The van der Waals surface area contributed by atoms with Crippen molar-refractivity contribution in [1.82, 2.24) is 20.5 Å². The van der Waals surface area contributed by atoms with Gasteiger partial charge in [-0.3, -0.25) is 14.7 Å². The Hall–Kier alpha value is -2.12. The lowest BCUT2D eigenvalue weighted by Gasteiger charge is -2.20. The van der Waals surface area contributed by atoms with E-state index in [2.05, 4.69) is 20.5 Å². The highest BCUT2D eigenvalue weighted by atomic mass is 16.2. The van der Waals surface area contributed by atoms with Crippen LogP contribution in [0.3, 0.4) is 0 Å². The molecule has 1 aromatic rings. The van der Waals surface area contributed by atoms with E-state index < -0.39 is 17.2 Å². The van der Waals surface area contributed by atoms with Gasteiger partial charge in [0.25, 0.3) is 5.91 Å². The van der Waals surface area contributed by atoms with Gasteiger partial charge in [-0.05, 0) is 13.8 Å². The van der Waals surface area contributed by atoms with Crippen LogP contribution in [0.15, 0.2) is 0 Å². The number of hydrogen-bond donors (Lipinski definition) is 4. The molecule has 0 fully saturated rings. The molecule has 0 spiro atoms. The molecular weight excluding hydrogens is 212 g/mol. The molecule has 16 heavy (non-hydrogen) atoms. The molecule has 1 aromatic heterocycles. The molecule has 8 nitrogen and oxygen atoms in total. The summed E-state index contributed by atoms with van der Waals surface area (Å²) in [6.45, 7) is 3.37. The number of nitrogens with two attached hydrogens (primary N) is 2. The maximum atomic E-state index is 11.5. The average Bonchev–Trinajstić information content (AvgIpc) is 2.61. The highest BCUT2D eigenvalue weighted by Crippen LogP contribution is 2.11. The molecule has 2 amide bonds. The fourth-order valence-electron chi connectivity index (χ4n) is 0.848. The van der Waals surface area contributed by atoms with Gasteiger partial charge in [0.05, 0.1) is 5.41 Å². The molecule has 0 saturated carbocycles. The molecule has 6 N–H and O–H groups in total. The van der Waals surface area contributed by atoms with Crippen molar-refractivity contribution < 1.29 is 9.59 Å². The van der Waals surface area contributed by atoms with Gasteiger partial charge in [0.15, 0.2) is 0 Å². The number of aromatic amines is 1. The van der Waals surface area contributed by atoms with Crippen molar-refractivity contribution >= 4 is 17.8 Å². The number of amides is 2. The lowest BCUT2D eigenvalue weighted by molar-refractivity contribution is -0.125. The van der Waals surface area contributed by atoms with Crippen molar-refractivity contribution in [3.05, 3.63) is 5.82 Å². The fraction of sp³-hybridized carbons (Fsp3) is 0.500. The van der Waals surface area contributed by atoms with Crippen LogP contribution in [0.1, 0.15) is 24.5 Å². The summed E-state index contributed by atoms with van der Waals surface area (Å²) in [7, 11) is 0. The first-order valence-corrected chi connectivity index (χ1v) is 4.59. The second kappa shape index (κ2) is 4.17. The van der Waals surface area contributed by atoms with Crippen molar-refractivity contribution in [3.8, 4) is 0 Å². The Morgan fingerprint density at radius 2 is 2.12 bits per heavy atom. The Morgan fingerprint density at radius 3 is 2.56 bits per heavy atom. The minimum Gasteiger partial charge on any atom is -0.369 e. The van der Waals surface area contributed by atoms with E-state index in [4.69, 9.17) is 11.5 Å². The standard InChI is InChI=1S/C8H14N6O2/c1-8(2,6(9)16)3-11-5(15)4-12-7(10)14-13-4/h3H2,1-2H3,(H2,9,16)(H,11,15)(H3,10,12,13,14). The first-order chi connectivity index (χ1) is 7.33. The summed E-state index contributed by atoms with van der Waals surface area (Å²) in [6.07, 6.45) is 0. The minimum atomic E-state index is -0.818. The smallest absolute Gasteiger partial charge is 0.288 e. The Kier molecular flexibility index (Phi) is 3.11. The average molecular weight is 226 g/mol. The van der Waals surface area contributed by atoms with Gasteiger partial charge in [-0.1, -0.05) is 0 Å². The molecule has 0 atom stereocenters. The van der Waals surface area contributed by atoms with Crippen LogP contribution in [0.5, 0.6) is 0 Å². The fourth-order valence-corrected chi connectivity index (χ4v) is 0.848. The van der Waals surface area contributed by atoms with E-state index in [0.29, 0.717) is 0 Å². The Balaban J connectivity index is 2.57. The summed E-state index contributed by atoms with van der Waals surface area (Å²) in [5, 5.41) is 8.37. The first-order valence-electron chi connectivity index (χ1n) is 4.59. The third kappa shape index (κ3) is 2.69. The number of carbonyl (C=O) groups is 2. The van der Waals surface area contributed by atoms with E-state index >= 15 is 0 Å². The maximum absolute atomic E-state index is 11.5. The van der Waals surface area contributed by atoms with Gasteiger partial charge in [-0.2, -0.15) is 4.98 Å². The van der Waals surface area contributed by atoms with Gasteiger partial charge < -0.3 is 16.8 Å². The molecule has 0 radical (unpaired) electrons. The summed E-state index contributed by atoms with van der Waals surface area (Å²) >= 11 is 0. The maximum Gasteiger partial charge on any atom is 0.288 e. The minimum absolute atomic E-state index is 0.00206. The van der Waals surface area contributed by atoms with Gasteiger partial charge in [0.1, 0.15) is 0 Å². The van der Waals surface area contributed by atoms with Gasteiger partial charge in [0, 0.05) is 6.54 Å². The Labute approximate surface area is 91.8 Å². The number of anilines is 1. The number of rotatable bonds is 4. The summed E-state index contributed by atoms with van der Waals surface area (Å²) in [4.78, 5) is 26.1. The summed E-state index contributed by atoms with van der Waals surface area (Å²) in [5.41, 5.74) is 9.57. The van der Waals surface area contributed by atoms with E-state index in [1.54, 1.807) is 13.8 Å². The quantitative estimate of drug-likeness (QED) is 0.501. The second-order valence-corrected chi connectivity index (χ2v) is 3.97. The summed E-state index contributed by atoms with van der Waals surface area (Å²) in [6, 6.07) is 0. The number of nitrogens with one attached hydrogen (secondary N) is 2. The van der Waals surface area contributed by atoms with Gasteiger partial charge >= 0.3 is 0 Å². The number of nitrogen functional groups attached to an aromatic ring is 1. The van der Waals surface area contributed by atoms with Crippen LogP contribution in [-0.4, -0.2) is 33.5 Å². The van der Waals surface area contributed by atoms with Crippen molar-refractivity contribution in [2.75, 3.05) is 12.3 Å². The highest BCUT2D eigenvalue weighted by molar-refractivity contribution is 5.91. The highest BCUT2D eigenvalue weighted by Gasteiger charge is 2.26. The Morgan fingerprint density at radius 1 is 1.50 bits per heavy atom. The molecule has 1 heterocycles. The van der Waals surface area contributed by atoms with Crippen molar-refractivity contribution in [2.45, 2.75) is 13.8 Å². The molecule has 0 unspecified atom stereocenters. The largest absolute Gasteiger partial charge is 0.369 e. The van der Waals surface area contributed by atoms with Crippen molar-refractivity contribution in [1.29, 1.82) is 0 Å². The number of carbonyl (C=O) groups excluding carboxylic acids is 2. The molecule has 0 aliphatic rings. The predicted octanol–water partition coefficient (Wildman–Crippen LogP) is -1.37. The normalized spacial score (nSPS) is 11.1. The van der Waals surface area contributed by atoms with E-state index in [1.165, 1.54) is 0 Å². The monoisotopic (exact) mass is 226 g/mol. The van der Waals surface area contributed by atoms with E-state index in [1.807, 2.05) is 0 Å². The predicted molar refractivity (Wildman–Crippen MR) is 56.1 cm³/mol. The van der Waals surface area contributed by atoms with Gasteiger partial charge in [-0.15, -0.1) is 5.10 Å². The van der Waals surface area contributed by atoms with Crippen LogP contribution in [0.25, 0.3) is 0 Å². The van der Waals surface area contributed by atoms with Crippen LogP contribution in [0.2, 0.25) is 0 Å². The third-order valence-corrected chi connectivity index (χ3v) is 2.08. The molecule has 8 heteroatoms. The SMILES string of the molecule is CC(C)(CNC(=O)c1nc(N)n[nH]1)C(N)=O. The van der Waals surface area contributed by atoms with E-state index in [9.17, 15) is 9.59 Å².